The molecule has 1 aromatic carbocycles. The van der Waals surface area contributed by atoms with E-state index in [0.717, 1.165) is 11.1 Å². The molecule has 0 amide bonds. The highest BCUT2D eigenvalue weighted by Gasteiger charge is 2.19. The van der Waals surface area contributed by atoms with E-state index in [1.807, 2.05) is 26.0 Å². The number of aryl methyl sites for hydroxylation is 2. The fourth-order valence-corrected chi connectivity index (χ4v) is 1.68. The Morgan fingerprint density at radius 3 is 2.64 bits per heavy atom. The molecule has 14 heavy (non-hydrogen) atoms. The summed E-state index contributed by atoms with van der Waals surface area (Å²) in [4.78, 5) is 10.9. The summed E-state index contributed by atoms with van der Waals surface area (Å²) in [5.41, 5.74) is 3.45. The molecular formula is C12H12O2. The minimum Gasteiger partial charge on any atom is -0.450 e. The quantitative estimate of drug-likeness (QED) is 0.633. The molecule has 0 fully saturated rings. The van der Waals surface area contributed by atoms with Crippen LogP contribution in [0.5, 0.6) is 0 Å². The standard InChI is InChI=1S/C12H12O2/c1-8-3-4-10(9(2)7-8)11-5-6-12(13)14-11/h3-7,11H,1-2H3. The molecule has 1 atom stereocenters. The Morgan fingerprint density at radius 2 is 2.07 bits per heavy atom. The topological polar surface area (TPSA) is 26.3 Å². The molecule has 0 spiro atoms. The summed E-state index contributed by atoms with van der Waals surface area (Å²) in [5, 5.41) is 0. The van der Waals surface area contributed by atoms with E-state index in [-0.39, 0.29) is 12.1 Å². The van der Waals surface area contributed by atoms with Gasteiger partial charge >= 0.3 is 5.97 Å². The van der Waals surface area contributed by atoms with Crippen LogP contribution in [0.2, 0.25) is 0 Å². The van der Waals surface area contributed by atoms with Crippen molar-refractivity contribution in [1.82, 2.24) is 0 Å². The molecule has 0 saturated heterocycles. The van der Waals surface area contributed by atoms with Crippen molar-refractivity contribution >= 4 is 5.97 Å². The first-order chi connectivity index (χ1) is 6.66. The Kier molecular flexibility index (Phi) is 2.12. The van der Waals surface area contributed by atoms with Crippen LogP contribution in [0.4, 0.5) is 0 Å². The first-order valence-electron chi connectivity index (χ1n) is 4.63. The first-order valence-corrected chi connectivity index (χ1v) is 4.63. The van der Waals surface area contributed by atoms with Gasteiger partial charge in [-0.15, -0.1) is 0 Å². The zero-order chi connectivity index (χ0) is 10.1. The fraction of sp³-hybridized carbons (Fsp3) is 0.250. The van der Waals surface area contributed by atoms with Gasteiger partial charge in [0.15, 0.2) is 0 Å². The van der Waals surface area contributed by atoms with E-state index >= 15 is 0 Å². The Hall–Kier alpha value is -1.57. The summed E-state index contributed by atoms with van der Waals surface area (Å²) < 4.78 is 5.12. The molecule has 1 heterocycles. The maximum atomic E-state index is 10.9. The normalized spacial score (nSPS) is 19.9. The van der Waals surface area contributed by atoms with E-state index in [4.69, 9.17) is 4.74 Å². The molecule has 0 bridgehead atoms. The second-order valence-corrected chi connectivity index (χ2v) is 3.58. The summed E-state index contributed by atoms with van der Waals surface area (Å²) in [6.45, 7) is 4.08. The highest BCUT2D eigenvalue weighted by Crippen LogP contribution is 2.26. The van der Waals surface area contributed by atoms with E-state index in [2.05, 4.69) is 6.07 Å². The fourth-order valence-electron chi connectivity index (χ4n) is 1.68. The van der Waals surface area contributed by atoms with E-state index < -0.39 is 0 Å². The summed E-state index contributed by atoms with van der Waals surface area (Å²) >= 11 is 0. The minimum absolute atomic E-state index is 0.192. The monoisotopic (exact) mass is 188 g/mol. The molecule has 1 unspecified atom stereocenters. The molecule has 72 valence electrons. The van der Waals surface area contributed by atoms with Gasteiger partial charge in [0.2, 0.25) is 0 Å². The zero-order valence-corrected chi connectivity index (χ0v) is 8.28. The maximum Gasteiger partial charge on any atom is 0.331 e. The molecule has 2 nitrogen and oxygen atoms in total. The van der Waals surface area contributed by atoms with Crippen LogP contribution in [0.1, 0.15) is 22.8 Å². The van der Waals surface area contributed by atoms with Crippen LogP contribution in [-0.2, 0) is 9.53 Å². The summed E-state index contributed by atoms with van der Waals surface area (Å²) in [6, 6.07) is 6.13. The lowest BCUT2D eigenvalue weighted by atomic mass is 10.0. The molecule has 0 aromatic heterocycles. The number of hydrogen-bond acceptors (Lipinski definition) is 2. The number of rotatable bonds is 1. The van der Waals surface area contributed by atoms with Crippen molar-refractivity contribution in [2.45, 2.75) is 20.0 Å². The maximum absolute atomic E-state index is 10.9. The van der Waals surface area contributed by atoms with Gasteiger partial charge in [-0.2, -0.15) is 0 Å². The Labute approximate surface area is 83.2 Å². The van der Waals surface area contributed by atoms with Crippen molar-refractivity contribution in [2.75, 3.05) is 0 Å². The predicted molar refractivity (Wildman–Crippen MR) is 53.9 cm³/mol. The van der Waals surface area contributed by atoms with E-state index in [0.29, 0.717) is 0 Å². The van der Waals surface area contributed by atoms with Gasteiger partial charge in [-0.1, -0.05) is 23.8 Å². The SMILES string of the molecule is Cc1ccc(C2C=CC(=O)O2)c(C)c1. The predicted octanol–water partition coefficient (Wildman–Crippen LogP) is 2.46. The molecule has 0 radical (unpaired) electrons. The number of hydrogen-bond donors (Lipinski definition) is 0. The van der Waals surface area contributed by atoms with Gasteiger partial charge in [0.1, 0.15) is 6.10 Å². The Morgan fingerprint density at radius 1 is 1.29 bits per heavy atom. The van der Waals surface area contributed by atoms with Crippen molar-refractivity contribution < 1.29 is 9.53 Å². The number of benzene rings is 1. The third-order valence-electron chi connectivity index (χ3n) is 2.38. The van der Waals surface area contributed by atoms with Crippen molar-refractivity contribution in [3.63, 3.8) is 0 Å². The minimum atomic E-state index is -0.255. The van der Waals surface area contributed by atoms with Gasteiger partial charge in [0, 0.05) is 6.08 Å². The average Bonchev–Trinajstić information content (AvgIpc) is 2.51. The summed E-state index contributed by atoms with van der Waals surface area (Å²) in [6.07, 6.45) is 3.08. The van der Waals surface area contributed by atoms with Crippen molar-refractivity contribution in [3.05, 3.63) is 47.0 Å². The highest BCUT2D eigenvalue weighted by atomic mass is 16.5. The number of esters is 1. The lowest BCUT2D eigenvalue weighted by Gasteiger charge is -2.12. The number of ether oxygens (including phenoxy) is 1. The molecular weight excluding hydrogens is 176 g/mol. The van der Waals surface area contributed by atoms with Crippen molar-refractivity contribution in [2.24, 2.45) is 0 Å². The summed E-state index contributed by atoms with van der Waals surface area (Å²) in [7, 11) is 0. The molecule has 2 heteroatoms. The van der Waals surface area contributed by atoms with Crippen LogP contribution in [0.3, 0.4) is 0 Å². The van der Waals surface area contributed by atoms with E-state index in [1.54, 1.807) is 6.08 Å². The van der Waals surface area contributed by atoms with Gasteiger partial charge in [0.05, 0.1) is 0 Å². The Balaban J connectivity index is 2.33. The third-order valence-corrected chi connectivity index (χ3v) is 2.38. The van der Waals surface area contributed by atoms with Crippen LogP contribution in [0, 0.1) is 13.8 Å². The van der Waals surface area contributed by atoms with Crippen LogP contribution >= 0.6 is 0 Å². The number of carbonyl (C=O) groups excluding carboxylic acids is 1. The number of carbonyl (C=O) groups is 1. The van der Waals surface area contributed by atoms with Gasteiger partial charge in [0.25, 0.3) is 0 Å². The molecule has 1 aromatic rings. The molecule has 2 rings (SSSR count). The van der Waals surface area contributed by atoms with E-state index in [9.17, 15) is 4.79 Å². The van der Waals surface area contributed by atoms with Gasteiger partial charge in [-0.05, 0) is 31.1 Å². The molecule has 0 aliphatic carbocycles. The van der Waals surface area contributed by atoms with Crippen molar-refractivity contribution in [1.29, 1.82) is 0 Å². The lowest BCUT2D eigenvalue weighted by molar-refractivity contribution is -0.138. The van der Waals surface area contributed by atoms with Gasteiger partial charge < -0.3 is 4.74 Å². The Bertz CT molecular complexity index is 405. The van der Waals surface area contributed by atoms with Crippen LogP contribution in [0.15, 0.2) is 30.4 Å². The zero-order valence-electron chi connectivity index (χ0n) is 8.28. The molecule has 1 aliphatic heterocycles. The van der Waals surface area contributed by atoms with E-state index in [1.165, 1.54) is 11.6 Å². The molecule has 0 N–H and O–H groups in total. The highest BCUT2D eigenvalue weighted by molar-refractivity contribution is 5.84. The first kappa shape index (κ1) is 9.00. The molecule has 1 aliphatic rings. The molecule has 0 saturated carbocycles. The average molecular weight is 188 g/mol. The number of cyclic esters (lactones) is 1. The second kappa shape index (κ2) is 3.29. The second-order valence-electron chi connectivity index (χ2n) is 3.58. The smallest absolute Gasteiger partial charge is 0.331 e. The van der Waals surface area contributed by atoms with Crippen molar-refractivity contribution in [3.8, 4) is 0 Å². The lowest BCUT2D eigenvalue weighted by Crippen LogP contribution is -2.01. The van der Waals surface area contributed by atoms with Gasteiger partial charge in [-0.25, -0.2) is 4.79 Å². The van der Waals surface area contributed by atoms with Gasteiger partial charge in [-0.3, -0.25) is 0 Å². The van der Waals surface area contributed by atoms with Crippen LogP contribution < -0.4 is 0 Å². The summed E-state index contributed by atoms with van der Waals surface area (Å²) in [5.74, 6) is -0.255. The third kappa shape index (κ3) is 1.55. The largest absolute Gasteiger partial charge is 0.450 e. The van der Waals surface area contributed by atoms with Crippen LogP contribution in [-0.4, -0.2) is 5.97 Å². The van der Waals surface area contributed by atoms with Crippen LogP contribution in [0.25, 0.3) is 0 Å².